The fraction of sp³-hybridized carbons (Fsp3) is 0.375. The van der Waals surface area contributed by atoms with Crippen molar-refractivity contribution >= 4 is 25.6 Å². The Kier molecular flexibility index (Phi) is 2.96. The lowest BCUT2D eigenvalue weighted by molar-refractivity contribution is 0.386. The Morgan fingerprint density at radius 2 is 2.25 bits per heavy atom. The zero-order valence-electron chi connectivity index (χ0n) is 8.81. The Balaban J connectivity index is 2.63. The number of rotatable bonds is 4. The highest BCUT2D eigenvalue weighted by Crippen LogP contribution is 2.22. The maximum atomic E-state index is 10.6. The molecule has 0 unspecified atom stereocenters. The number of ether oxygens (including phenoxy) is 1. The Bertz CT molecular complexity index is 526. The first-order valence-electron chi connectivity index (χ1n) is 4.67. The smallest absolute Gasteiger partial charge is 0.295 e. The molecule has 2 aromatic rings. The molecule has 8 heteroatoms. The molecule has 0 atom stereocenters. The molecule has 0 radical (unpaired) electrons. The number of nitrogens with zero attached hydrogens (tertiary/aromatic N) is 3. The van der Waals surface area contributed by atoms with Crippen LogP contribution in [0, 0.1) is 0 Å². The second kappa shape index (κ2) is 4.40. The van der Waals surface area contributed by atoms with Gasteiger partial charge in [0.25, 0.3) is 14.6 Å². The molecule has 0 spiro atoms. The molecule has 84 valence electrons. The van der Waals surface area contributed by atoms with E-state index in [2.05, 4.69) is 25.0 Å². The van der Waals surface area contributed by atoms with Gasteiger partial charge in [0.05, 0.1) is 7.11 Å². The minimum atomic E-state index is -0.223. The minimum Gasteiger partial charge on any atom is -0.468 e. The predicted molar refractivity (Wildman–Crippen MR) is 58.8 cm³/mol. The first-order valence-corrected chi connectivity index (χ1v) is 5.48. The number of aryl methyl sites for hydroxylation is 1. The van der Waals surface area contributed by atoms with Crippen molar-refractivity contribution in [2.24, 2.45) is 0 Å². The third-order valence-corrected chi connectivity index (χ3v) is 2.34. The summed E-state index contributed by atoms with van der Waals surface area (Å²) in [6.07, 6.45) is 0.676. The average Bonchev–Trinajstić information content (AvgIpc) is 2.72. The van der Waals surface area contributed by atoms with E-state index in [0.717, 1.165) is 0 Å². The highest BCUT2D eigenvalue weighted by molar-refractivity contribution is 7.25. The standard InChI is InChI=1S/C8H10N5O2P/c1-3-4-9-6-5(7(10-4)13-16-14)11-8(12-6)15-2/h3H2,1-2H3,(H2,9,10,11,12,13,14). The Labute approximate surface area is 92.9 Å². The molecule has 2 aromatic heterocycles. The summed E-state index contributed by atoms with van der Waals surface area (Å²) in [4.78, 5) is 15.4. The number of H-pyrrole nitrogens is 1. The lowest BCUT2D eigenvalue weighted by Crippen LogP contribution is -1.97. The molecule has 2 rings (SSSR count). The molecule has 0 amide bonds. The van der Waals surface area contributed by atoms with Crippen molar-refractivity contribution in [2.45, 2.75) is 13.3 Å². The van der Waals surface area contributed by atoms with Gasteiger partial charge in [-0.25, -0.2) is 14.5 Å². The number of nitrogens with one attached hydrogen (secondary N) is 2. The SMILES string of the molecule is CCc1nc(NP=O)c2[nH]c(OC)nc2n1. The van der Waals surface area contributed by atoms with Gasteiger partial charge in [0, 0.05) is 6.42 Å². The molecule has 0 saturated carbocycles. The highest BCUT2D eigenvalue weighted by atomic mass is 31.1. The third-order valence-electron chi connectivity index (χ3n) is 2.04. The summed E-state index contributed by atoms with van der Waals surface area (Å²) in [5, 5.41) is 2.60. The molecule has 0 bridgehead atoms. The van der Waals surface area contributed by atoms with Crippen molar-refractivity contribution in [1.82, 2.24) is 19.9 Å². The fourth-order valence-corrected chi connectivity index (χ4v) is 1.55. The van der Waals surface area contributed by atoms with Gasteiger partial charge in [0.2, 0.25) is 0 Å². The molecular formula is C8H10N5O2P. The molecule has 0 aliphatic heterocycles. The van der Waals surface area contributed by atoms with Crippen molar-refractivity contribution in [1.29, 1.82) is 0 Å². The first kappa shape index (κ1) is 10.8. The van der Waals surface area contributed by atoms with E-state index >= 15 is 0 Å². The monoisotopic (exact) mass is 239 g/mol. The summed E-state index contributed by atoms with van der Waals surface area (Å²) in [5.41, 5.74) is 1.08. The molecular weight excluding hydrogens is 229 g/mol. The molecule has 0 aliphatic rings. The van der Waals surface area contributed by atoms with Gasteiger partial charge in [-0.1, -0.05) is 6.92 Å². The van der Waals surface area contributed by atoms with Crippen LogP contribution in [-0.2, 0) is 11.0 Å². The normalized spacial score (nSPS) is 10.9. The second-order valence-corrected chi connectivity index (χ2v) is 3.40. The van der Waals surface area contributed by atoms with E-state index in [1.807, 2.05) is 6.92 Å². The van der Waals surface area contributed by atoms with Crippen molar-refractivity contribution in [3.05, 3.63) is 5.82 Å². The summed E-state index contributed by atoms with van der Waals surface area (Å²) in [6.45, 7) is 1.93. The molecule has 2 heterocycles. The van der Waals surface area contributed by atoms with Crippen LogP contribution < -0.4 is 9.82 Å². The molecule has 0 aromatic carbocycles. The maximum Gasteiger partial charge on any atom is 0.295 e. The third kappa shape index (κ3) is 1.81. The van der Waals surface area contributed by atoms with Gasteiger partial charge < -0.3 is 9.72 Å². The van der Waals surface area contributed by atoms with Crippen molar-refractivity contribution in [2.75, 3.05) is 12.2 Å². The number of hydrogen-bond acceptors (Lipinski definition) is 5. The van der Waals surface area contributed by atoms with Gasteiger partial charge in [0.1, 0.15) is 11.3 Å². The number of imidazole rings is 1. The van der Waals surface area contributed by atoms with E-state index in [1.165, 1.54) is 7.11 Å². The summed E-state index contributed by atoms with van der Waals surface area (Å²) >= 11 is 0. The largest absolute Gasteiger partial charge is 0.468 e. The quantitative estimate of drug-likeness (QED) is 0.786. The maximum absolute atomic E-state index is 10.6. The van der Waals surface area contributed by atoms with E-state index in [-0.39, 0.29) is 8.61 Å². The van der Waals surface area contributed by atoms with Crippen molar-refractivity contribution in [3.63, 3.8) is 0 Å². The average molecular weight is 239 g/mol. The van der Waals surface area contributed by atoms with Gasteiger partial charge in [-0.15, -0.1) is 0 Å². The fourth-order valence-electron chi connectivity index (χ4n) is 1.30. The first-order chi connectivity index (χ1) is 7.78. The van der Waals surface area contributed by atoms with Gasteiger partial charge in [-0.3, -0.25) is 5.09 Å². The second-order valence-electron chi connectivity index (χ2n) is 2.99. The number of aromatic amines is 1. The zero-order chi connectivity index (χ0) is 11.5. The molecule has 16 heavy (non-hydrogen) atoms. The molecule has 0 aliphatic carbocycles. The molecule has 0 saturated heterocycles. The van der Waals surface area contributed by atoms with Crippen molar-refractivity contribution in [3.8, 4) is 6.01 Å². The number of anilines is 1. The van der Waals surface area contributed by atoms with Crippen LogP contribution in [0.2, 0.25) is 0 Å². The van der Waals surface area contributed by atoms with E-state index in [0.29, 0.717) is 35.2 Å². The summed E-state index contributed by atoms with van der Waals surface area (Å²) in [6, 6.07) is 0.350. The van der Waals surface area contributed by atoms with Crippen molar-refractivity contribution < 1.29 is 9.30 Å². The van der Waals surface area contributed by atoms with Crippen LogP contribution in [-0.4, -0.2) is 27.0 Å². The van der Waals surface area contributed by atoms with E-state index in [9.17, 15) is 4.57 Å². The number of aromatic nitrogens is 4. The van der Waals surface area contributed by atoms with Crippen LogP contribution in [0.5, 0.6) is 6.01 Å². The van der Waals surface area contributed by atoms with Crippen LogP contribution in [0.1, 0.15) is 12.7 Å². The summed E-state index contributed by atoms with van der Waals surface area (Å²) in [5.74, 6) is 1.09. The van der Waals surface area contributed by atoms with Crippen LogP contribution in [0.25, 0.3) is 11.2 Å². The van der Waals surface area contributed by atoms with Crippen LogP contribution in [0.3, 0.4) is 0 Å². The van der Waals surface area contributed by atoms with Crippen LogP contribution >= 0.6 is 8.61 Å². The Hall–Kier alpha value is -1.75. The Morgan fingerprint density at radius 1 is 1.44 bits per heavy atom. The number of fused-ring (bicyclic) bond motifs is 1. The van der Waals surface area contributed by atoms with Gasteiger partial charge in [-0.05, 0) is 0 Å². The topological polar surface area (TPSA) is 92.8 Å². The van der Waals surface area contributed by atoms with Gasteiger partial charge in [0.15, 0.2) is 11.5 Å². The highest BCUT2D eigenvalue weighted by Gasteiger charge is 2.12. The lowest BCUT2D eigenvalue weighted by atomic mass is 10.4. The van der Waals surface area contributed by atoms with Crippen LogP contribution in [0.4, 0.5) is 5.82 Å². The predicted octanol–water partition coefficient (Wildman–Crippen LogP) is 1.54. The molecule has 2 N–H and O–H groups in total. The van der Waals surface area contributed by atoms with E-state index in [4.69, 9.17) is 4.74 Å². The minimum absolute atomic E-state index is 0.223. The number of methoxy groups -OCH3 is 1. The van der Waals surface area contributed by atoms with Crippen LogP contribution in [0.15, 0.2) is 0 Å². The molecule has 7 nitrogen and oxygen atoms in total. The van der Waals surface area contributed by atoms with E-state index in [1.54, 1.807) is 0 Å². The number of hydrogen-bond donors (Lipinski definition) is 2. The molecule has 0 fully saturated rings. The lowest BCUT2D eigenvalue weighted by Gasteiger charge is -2.00. The van der Waals surface area contributed by atoms with Gasteiger partial charge >= 0.3 is 0 Å². The summed E-state index contributed by atoms with van der Waals surface area (Å²) < 4.78 is 15.5. The zero-order valence-corrected chi connectivity index (χ0v) is 9.71. The summed E-state index contributed by atoms with van der Waals surface area (Å²) in [7, 11) is 1.28. The van der Waals surface area contributed by atoms with E-state index < -0.39 is 0 Å². The van der Waals surface area contributed by atoms with Gasteiger partial charge in [-0.2, -0.15) is 4.98 Å². The Morgan fingerprint density at radius 3 is 2.88 bits per heavy atom.